The highest BCUT2D eigenvalue weighted by Crippen LogP contribution is 2.28. The fourth-order valence-corrected chi connectivity index (χ4v) is 3.27. The Morgan fingerprint density at radius 3 is 2.53 bits per heavy atom. The van der Waals surface area contributed by atoms with Crippen LogP contribution in [0.15, 0.2) is 47.4 Å². The second-order valence-corrected chi connectivity index (χ2v) is 5.88. The Bertz CT molecular complexity index is 549. The minimum atomic E-state index is 0.710. The van der Waals surface area contributed by atoms with Gasteiger partial charge in [0.1, 0.15) is 0 Å². The van der Waals surface area contributed by atoms with Crippen LogP contribution in [-0.4, -0.2) is 6.54 Å². The van der Waals surface area contributed by atoms with E-state index in [0.717, 1.165) is 12.2 Å². The van der Waals surface area contributed by atoms with Crippen LogP contribution in [0.2, 0.25) is 0 Å². The van der Waals surface area contributed by atoms with Crippen molar-refractivity contribution < 1.29 is 0 Å². The van der Waals surface area contributed by atoms with Gasteiger partial charge >= 0.3 is 0 Å². The van der Waals surface area contributed by atoms with Gasteiger partial charge in [-0.1, -0.05) is 42.0 Å². The maximum atomic E-state index is 5.70. The summed E-state index contributed by atoms with van der Waals surface area (Å²) in [6.45, 7) is 5.02. The lowest BCUT2D eigenvalue weighted by molar-refractivity contribution is 0.941. The quantitative estimate of drug-likeness (QED) is 0.829. The molecule has 0 saturated heterocycles. The standard InChI is InChI=1S/C17H21NS/c1-13-7-8-17(15(11-13)9-10-18)19-12-16-6-4-3-5-14(16)2/h3-8,11H,9-10,12,18H2,1-2H3. The lowest BCUT2D eigenvalue weighted by atomic mass is 10.1. The SMILES string of the molecule is Cc1ccc(SCc2ccccc2C)c(CCN)c1. The Hall–Kier alpha value is -1.25. The Morgan fingerprint density at radius 1 is 1.00 bits per heavy atom. The van der Waals surface area contributed by atoms with Crippen molar-refractivity contribution in [1.29, 1.82) is 0 Å². The molecule has 2 aromatic rings. The highest BCUT2D eigenvalue weighted by atomic mass is 32.2. The molecule has 0 fully saturated rings. The average molecular weight is 271 g/mol. The number of nitrogens with two attached hydrogens (primary N) is 1. The zero-order valence-electron chi connectivity index (χ0n) is 11.6. The molecular formula is C17H21NS. The lowest BCUT2D eigenvalue weighted by Gasteiger charge is -2.10. The van der Waals surface area contributed by atoms with Gasteiger partial charge in [0.05, 0.1) is 0 Å². The number of hydrogen-bond acceptors (Lipinski definition) is 2. The van der Waals surface area contributed by atoms with E-state index in [1.807, 2.05) is 11.8 Å². The first-order valence-electron chi connectivity index (χ1n) is 6.67. The van der Waals surface area contributed by atoms with Gasteiger partial charge in [-0.2, -0.15) is 0 Å². The van der Waals surface area contributed by atoms with Gasteiger partial charge in [0.15, 0.2) is 0 Å². The van der Waals surface area contributed by atoms with E-state index in [4.69, 9.17) is 5.73 Å². The van der Waals surface area contributed by atoms with E-state index in [-0.39, 0.29) is 0 Å². The molecule has 0 aliphatic heterocycles. The van der Waals surface area contributed by atoms with Crippen LogP contribution < -0.4 is 5.73 Å². The summed E-state index contributed by atoms with van der Waals surface area (Å²) in [6, 6.07) is 15.2. The normalized spacial score (nSPS) is 10.7. The minimum Gasteiger partial charge on any atom is -0.330 e. The molecule has 0 spiro atoms. The molecule has 0 atom stereocenters. The molecule has 0 aromatic heterocycles. The van der Waals surface area contributed by atoms with Crippen LogP contribution in [0.25, 0.3) is 0 Å². The van der Waals surface area contributed by atoms with Crippen molar-refractivity contribution in [2.75, 3.05) is 6.54 Å². The predicted octanol–water partition coefficient (Wildman–Crippen LogP) is 4.10. The van der Waals surface area contributed by atoms with E-state index in [0.29, 0.717) is 6.54 Å². The first kappa shape index (κ1) is 14.2. The van der Waals surface area contributed by atoms with Crippen molar-refractivity contribution in [3.05, 3.63) is 64.7 Å². The first-order chi connectivity index (χ1) is 9.20. The van der Waals surface area contributed by atoms with Crippen LogP contribution in [0.5, 0.6) is 0 Å². The molecule has 2 aromatic carbocycles. The molecular weight excluding hydrogens is 250 g/mol. The molecule has 0 unspecified atom stereocenters. The van der Waals surface area contributed by atoms with E-state index in [1.54, 1.807) is 0 Å². The molecule has 2 N–H and O–H groups in total. The number of benzene rings is 2. The molecule has 2 heteroatoms. The first-order valence-corrected chi connectivity index (χ1v) is 7.66. The highest BCUT2D eigenvalue weighted by molar-refractivity contribution is 7.98. The second kappa shape index (κ2) is 6.78. The highest BCUT2D eigenvalue weighted by Gasteiger charge is 2.05. The Kier molecular flexibility index (Phi) is 5.06. The Morgan fingerprint density at radius 2 is 1.79 bits per heavy atom. The van der Waals surface area contributed by atoms with Gasteiger partial charge in [-0.3, -0.25) is 0 Å². The molecule has 1 nitrogen and oxygen atoms in total. The van der Waals surface area contributed by atoms with Gasteiger partial charge in [0, 0.05) is 10.6 Å². The van der Waals surface area contributed by atoms with Gasteiger partial charge in [-0.25, -0.2) is 0 Å². The summed E-state index contributed by atoms with van der Waals surface area (Å²) in [5.41, 5.74) is 11.2. The lowest BCUT2D eigenvalue weighted by Crippen LogP contribution is -2.04. The van der Waals surface area contributed by atoms with E-state index < -0.39 is 0 Å². The predicted molar refractivity (Wildman–Crippen MR) is 84.7 cm³/mol. The zero-order valence-corrected chi connectivity index (χ0v) is 12.5. The van der Waals surface area contributed by atoms with Gasteiger partial charge in [0.2, 0.25) is 0 Å². The molecule has 0 heterocycles. The minimum absolute atomic E-state index is 0.710. The molecule has 0 aliphatic rings. The largest absolute Gasteiger partial charge is 0.330 e. The van der Waals surface area contributed by atoms with Crippen LogP contribution in [-0.2, 0) is 12.2 Å². The van der Waals surface area contributed by atoms with Crippen LogP contribution in [0.4, 0.5) is 0 Å². The molecule has 2 rings (SSSR count). The number of thioether (sulfide) groups is 1. The van der Waals surface area contributed by atoms with Crippen molar-refractivity contribution in [2.45, 2.75) is 30.9 Å². The van der Waals surface area contributed by atoms with Gasteiger partial charge in [0.25, 0.3) is 0 Å². The van der Waals surface area contributed by atoms with Crippen LogP contribution >= 0.6 is 11.8 Å². The van der Waals surface area contributed by atoms with Crippen molar-refractivity contribution in [3.8, 4) is 0 Å². The summed E-state index contributed by atoms with van der Waals surface area (Å²) < 4.78 is 0. The number of aryl methyl sites for hydroxylation is 2. The Balaban J connectivity index is 2.13. The van der Waals surface area contributed by atoms with Gasteiger partial charge in [-0.05, 0) is 49.6 Å². The smallest absolute Gasteiger partial charge is 0.0234 e. The molecule has 19 heavy (non-hydrogen) atoms. The Labute approximate surface area is 120 Å². The van der Waals surface area contributed by atoms with Gasteiger partial charge in [-0.15, -0.1) is 11.8 Å². The molecule has 0 saturated carbocycles. The van der Waals surface area contributed by atoms with Gasteiger partial charge < -0.3 is 5.73 Å². The second-order valence-electron chi connectivity index (χ2n) is 4.87. The fourth-order valence-electron chi connectivity index (χ4n) is 2.13. The maximum Gasteiger partial charge on any atom is 0.0234 e. The van der Waals surface area contributed by atoms with E-state index in [2.05, 4.69) is 56.3 Å². The van der Waals surface area contributed by atoms with Crippen molar-refractivity contribution in [3.63, 3.8) is 0 Å². The van der Waals surface area contributed by atoms with Crippen molar-refractivity contribution >= 4 is 11.8 Å². The monoisotopic (exact) mass is 271 g/mol. The van der Waals surface area contributed by atoms with Crippen molar-refractivity contribution in [2.24, 2.45) is 5.73 Å². The van der Waals surface area contributed by atoms with Crippen LogP contribution in [0.3, 0.4) is 0 Å². The summed E-state index contributed by atoms with van der Waals surface area (Å²) in [6.07, 6.45) is 0.956. The molecule has 0 bridgehead atoms. The maximum absolute atomic E-state index is 5.70. The third-order valence-electron chi connectivity index (χ3n) is 3.27. The summed E-state index contributed by atoms with van der Waals surface area (Å²) in [4.78, 5) is 1.36. The molecule has 0 aliphatic carbocycles. The molecule has 0 amide bonds. The van der Waals surface area contributed by atoms with E-state index in [9.17, 15) is 0 Å². The molecule has 0 radical (unpaired) electrons. The topological polar surface area (TPSA) is 26.0 Å². The molecule has 100 valence electrons. The number of hydrogen-bond donors (Lipinski definition) is 1. The van der Waals surface area contributed by atoms with E-state index in [1.165, 1.54) is 27.1 Å². The zero-order chi connectivity index (χ0) is 13.7. The summed E-state index contributed by atoms with van der Waals surface area (Å²) in [5.74, 6) is 1.02. The summed E-state index contributed by atoms with van der Waals surface area (Å²) in [5, 5.41) is 0. The fraction of sp³-hybridized carbons (Fsp3) is 0.294. The van der Waals surface area contributed by atoms with E-state index >= 15 is 0 Å². The average Bonchev–Trinajstić information content (AvgIpc) is 2.40. The third kappa shape index (κ3) is 3.85. The number of rotatable bonds is 5. The third-order valence-corrected chi connectivity index (χ3v) is 4.44. The summed E-state index contributed by atoms with van der Waals surface area (Å²) >= 11 is 1.91. The summed E-state index contributed by atoms with van der Waals surface area (Å²) in [7, 11) is 0. The van der Waals surface area contributed by atoms with Crippen LogP contribution in [0, 0.1) is 13.8 Å². The van der Waals surface area contributed by atoms with Crippen molar-refractivity contribution in [1.82, 2.24) is 0 Å². The van der Waals surface area contributed by atoms with Crippen LogP contribution in [0.1, 0.15) is 22.3 Å².